The first-order chi connectivity index (χ1) is 25.1. The number of hydrogen-bond acceptors (Lipinski definition) is 6. The summed E-state index contributed by atoms with van der Waals surface area (Å²) >= 11 is 1.19. The molecule has 3 aromatic carbocycles. The van der Waals surface area contributed by atoms with Crippen LogP contribution in [0.15, 0.2) is 91.0 Å². The molecule has 266 valence electrons. The monoisotopic (exact) mass is 724 g/mol. The molecule has 0 unspecified atom stereocenters. The van der Waals surface area contributed by atoms with Gasteiger partial charge in [0, 0.05) is 48.7 Å². The van der Waals surface area contributed by atoms with E-state index >= 15 is 0 Å². The zero-order chi connectivity index (χ0) is 36.0. The number of fused-ring (bicyclic) bond motifs is 2. The fraction of sp³-hybridized carbons (Fsp3) is 0.275. The van der Waals surface area contributed by atoms with E-state index < -0.39 is 17.7 Å². The standard InChI is InChI=1S/C40H35F3N4O4S/c41-40(42,43)29-8-4-7-26(22-29)31-11-9-27-21-28(10-12-32(27)44-31)37-36(25-5-2-1-3-6-25)38-33(23-34(52-38)39(49)50)47(37)24-35(48)46-15-13-30(14-16-46)45-17-19-51-20-18-45/h1-12,21-23,30H,13-20,24H2,(H,49,50). The third kappa shape index (κ3) is 6.57. The zero-order valence-electron chi connectivity index (χ0n) is 28.1. The molecule has 0 aliphatic carbocycles. The molecule has 6 aromatic rings. The van der Waals surface area contributed by atoms with E-state index in [-0.39, 0.29) is 17.3 Å². The van der Waals surface area contributed by atoms with Crippen LogP contribution in [0.3, 0.4) is 0 Å². The highest BCUT2D eigenvalue weighted by Gasteiger charge is 2.32. The van der Waals surface area contributed by atoms with Crippen LogP contribution in [0.1, 0.15) is 28.1 Å². The van der Waals surface area contributed by atoms with Crippen molar-refractivity contribution in [3.8, 4) is 33.6 Å². The Hall–Kier alpha value is -5.04. The maximum atomic E-state index is 14.1. The van der Waals surface area contributed by atoms with Crippen LogP contribution in [0, 0.1) is 0 Å². The van der Waals surface area contributed by atoms with Gasteiger partial charge in [-0.25, -0.2) is 9.78 Å². The van der Waals surface area contributed by atoms with Gasteiger partial charge in [-0.2, -0.15) is 13.2 Å². The molecule has 1 amide bonds. The summed E-state index contributed by atoms with van der Waals surface area (Å²) in [5.41, 5.74) is 4.63. The molecule has 12 heteroatoms. The van der Waals surface area contributed by atoms with E-state index in [1.807, 2.05) is 64.1 Å². The first kappa shape index (κ1) is 34.1. The lowest BCUT2D eigenvalue weighted by Gasteiger charge is -2.40. The number of piperidine rings is 1. The largest absolute Gasteiger partial charge is 0.477 e. The third-order valence-corrected chi connectivity index (χ3v) is 11.3. The van der Waals surface area contributed by atoms with Gasteiger partial charge in [0.05, 0.1) is 45.9 Å². The van der Waals surface area contributed by atoms with Crippen molar-refractivity contribution in [1.29, 1.82) is 0 Å². The van der Waals surface area contributed by atoms with Crippen molar-refractivity contribution in [2.24, 2.45) is 0 Å². The van der Waals surface area contributed by atoms with Gasteiger partial charge in [0.15, 0.2) is 0 Å². The van der Waals surface area contributed by atoms with Gasteiger partial charge in [0.1, 0.15) is 11.4 Å². The maximum absolute atomic E-state index is 14.1. The van der Waals surface area contributed by atoms with E-state index in [9.17, 15) is 27.9 Å². The van der Waals surface area contributed by atoms with E-state index in [0.717, 1.165) is 83.7 Å². The second-order valence-corrected chi connectivity index (χ2v) is 14.3. The third-order valence-electron chi connectivity index (χ3n) is 10.1. The van der Waals surface area contributed by atoms with Crippen molar-refractivity contribution in [3.63, 3.8) is 0 Å². The second-order valence-electron chi connectivity index (χ2n) is 13.2. The Labute approximate surface area is 301 Å². The number of pyridine rings is 1. The fourth-order valence-corrected chi connectivity index (χ4v) is 8.58. The van der Waals surface area contributed by atoms with Gasteiger partial charge in [-0.05, 0) is 60.4 Å². The minimum Gasteiger partial charge on any atom is -0.477 e. The van der Waals surface area contributed by atoms with E-state index in [1.165, 1.54) is 17.4 Å². The van der Waals surface area contributed by atoms with Crippen molar-refractivity contribution in [2.45, 2.75) is 31.6 Å². The molecular weight excluding hydrogens is 690 g/mol. The number of benzene rings is 3. The molecule has 2 aliphatic rings. The van der Waals surface area contributed by atoms with Gasteiger partial charge in [0.2, 0.25) is 5.91 Å². The summed E-state index contributed by atoms with van der Waals surface area (Å²) in [6.45, 7) is 4.60. The molecule has 8 rings (SSSR count). The summed E-state index contributed by atoms with van der Waals surface area (Å²) in [5, 5.41) is 10.8. The molecule has 0 radical (unpaired) electrons. The van der Waals surface area contributed by atoms with Crippen LogP contribution in [0.2, 0.25) is 0 Å². The molecule has 3 aromatic heterocycles. The van der Waals surface area contributed by atoms with Gasteiger partial charge in [-0.1, -0.05) is 54.6 Å². The molecule has 0 spiro atoms. The second kappa shape index (κ2) is 13.8. The summed E-state index contributed by atoms with van der Waals surface area (Å²) in [6.07, 6.45) is -2.69. The molecule has 0 bridgehead atoms. The SMILES string of the molecule is O=C(O)c1cc2c(s1)c(-c1ccccc1)c(-c1ccc3nc(-c4cccc(C(F)(F)F)c4)ccc3c1)n2CC(=O)N1CCC(N2CCOCC2)CC1. The van der Waals surface area contributed by atoms with Crippen LogP contribution in [-0.4, -0.2) is 81.8 Å². The molecule has 2 saturated heterocycles. The number of aromatic carboxylic acids is 1. The number of thiophene rings is 1. The summed E-state index contributed by atoms with van der Waals surface area (Å²) in [5.74, 6) is -1.06. The number of carbonyl (C=O) groups is 2. The summed E-state index contributed by atoms with van der Waals surface area (Å²) in [6, 6.07) is 26.2. The number of carboxylic acids is 1. The smallest absolute Gasteiger partial charge is 0.416 e. The number of ether oxygens (including phenoxy) is 1. The summed E-state index contributed by atoms with van der Waals surface area (Å²) in [4.78, 5) is 35.6. The van der Waals surface area contributed by atoms with Crippen LogP contribution < -0.4 is 0 Å². The van der Waals surface area contributed by atoms with Crippen molar-refractivity contribution in [1.82, 2.24) is 19.4 Å². The first-order valence-electron chi connectivity index (χ1n) is 17.3. The number of alkyl halides is 3. The lowest BCUT2D eigenvalue weighted by atomic mass is 9.99. The predicted octanol–water partition coefficient (Wildman–Crippen LogP) is 8.29. The van der Waals surface area contributed by atoms with E-state index in [1.54, 1.807) is 18.2 Å². The number of carbonyl (C=O) groups excluding carboxylic acids is 1. The topological polar surface area (TPSA) is 87.9 Å². The minimum absolute atomic E-state index is 0.0292. The highest BCUT2D eigenvalue weighted by Crippen LogP contribution is 2.45. The Morgan fingerprint density at radius 2 is 1.60 bits per heavy atom. The minimum atomic E-state index is -4.47. The molecule has 8 nitrogen and oxygen atoms in total. The van der Waals surface area contributed by atoms with Crippen LogP contribution in [-0.2, 0) is 22.3 Å². The number of amides is 1. The zero-order valence-corrected chi connectivity index (χ0v) is 28.9. The number of likely N-dealkylation sites (tertiary alicyclic amines) is 1. The predicted molar refractivity (Wildman–Crippen MR) is 195 cm³/mol. The number of morpholine rings is 1. The van der Waals surface area contributed by atoms with Crippen molar-refractivity contribution < 1.29 is 32.6 Å². The molecule has 0 saturated carbocycles. The van der Waals surface area contributed by atoms with Crippen molar-refractivity contribution in [2.75, 3.05) is 39.4 Å². The molecule has 5 heterocycles. The van der Waals surface area contributed by atoms with E-state index in [4.69, 9.17) is 9.72 Å². The Balaban J connectivity index is 1.19. The van der Waals surface area contributed by atoms with Gasteiger partial charge in [-0.3, -0.25) is 9.69 Å². The maximum Gasteiger partial charge on any atom is 0.416 e. The normalized spacial score (nSPS) is 16.2. The molecule has 2 fully saturated rings. The van der Waals surface area contributed by atoms with Gasteiger partial charge in [0.25, 0.3) is 0 Å². The lowest BCUT2D eigenvalue weighted by molar-refractivity contribution is -0.137. The number of halogens is 3. The Kier molecular flexibility index (Phi) is 9.06. The van der Waals surface area contributed by atoms with E-state index in [0.29, 0.717) is 41.4 Å². The number of nitrogens with zero attached hydrogens (tertiary/aromatic N) is 4. The first-order valence-corrected chi connectivity index (χ1v) is 18.1. The van der Waals surface area contributed by atoms with Crippen molar-refractivity contribution >= 4 is 44.3 Å². The average Bonchev–Trinajstić information content (AvgIpc) is 3.73. The fourth-order valence-electron chi connectivity index (χ4n) is 7.51. The molecule has 1 N–H and O–H groups in total. The number of hydrogen-bond donors (Lipinski definition) is 1. The number of rotatable bonds is 7. The molecule has 0 atom stereocenters. The highest BCUT2D eigenvalue weighted by atomic mass is 32.1. The van der Waals surface area contributed by atoms with Gasteiger partial charge >= 0.3 is 12.1 Å². The molecular formula is C40H35F3N4O4S. The van der Waals surface area contributed by atoms with Gasteiger partial charge < -0.3 is 19.3 Å². The summed E-state index contributed by atoms with van der Waals surface area (Å²) < 4.78 is 48.6. The Bertz CT molecular complexity index is 2290. The average molecular weight is 725 g/mol. The van der Waals surface area contributed by atoms with Crippen molar-refractivity contribution in [3.05, 3.63) is 101 Å². The number of carboxylic acid groups (broad SMARTS) is 1. The molecule has 52 heavy (non-hydrogen) atoms. The van der Waals surface area contributed by atoms with Crippen LogP contribution >= 0.6 is 11.3 Å². The highest BCUT2D eigenvalue weighted by molar-refractivity contribution is 7.21. The molecule has 2 aliphatic heterocycles. The van der Waals surface area contributed by atoms with E-state index in [2.05, 4.69) is 4.90 Å². The van der Waals surface area contributed by atoms with Gasteiger partial charge in [-0.15, -0.1) is 11.3 Å². The Morgan fingerprint density at radius 1 is 0.846 bits per heavy atom. The summed E-state index contributed by atoms with van der Waals surface area (Å²) in [7, 11) is 0. The Morgan fingerprint density at radius 3 is 2.33 bits per heavy atom. The van der Waals surface area contributed by atoms with Crippen LogP contribution in [0.4, 0.5) is 13.2 Å². The number of aromatic nitrogens is 2. The quantitative estimate of drug-likeness (QED) is 0.178. The van der Waals surface area contributed by atoms with Crippen LogP contribution in [0.5, 0.6) is 0 Å². The van der Waals surface area contributed by atoms with Crippen LogP contribution in [0.25, 0.3) is 54.8 Å². The lowest BCUT2D eigenvalue weighted by Crippen LogP contribution is -2.50.